The van der Waals surface area contributed by atoms with Gasteiger partial charge in [0.05, 0.1) is 0 Å². The molecule has 0 nitrogen and oxygen atoms in total. The fraction of sp³-hybridized carbons (Fsp3) is 0.125. The van der Waals surface area contributed by atoms with Gasteiger partial charge in [0.1, 0.15) is 0 Å². The minimum Gasteiger partial charge on any atom is -1.00 e. The third kappa shape index (κ3) is 6.08. The Morgan fingerprint density at radius 3 is 2.11 bits per heavy atom. The van der Waals surface area contributed by atoms with Crippen LogP contribution in [0.2, 0.25) is 0 Å². The molecule has 3 aromatic rings. The van der Waals surface area contributed by atoms with E-state index >= 15 is 0 Å². The van der Waals surface area contributed by atoms with Crippen molar-refractivity contribution in [3.8, 4) is 0 Å². The molecule has 0 N–H and O–H groups in total. The number of halogens is 2. The molecule has 98 valence electrons. The standard InChI is InChI=1S/C10H9.C6H7.2ClH.Zr/c1-8-4-2-5-9-6-3-7-10(8)9;1-6-4-2-3-5-6;;;/h2-7H,1H3;2-5H,1H3;2*1H;/q2*-1;;;+4/p-2. The zero-order valence-corrected chi connectivity index (χ0v) is 15.0. The monoisotopic (exact) mass is 368 g/mol. The SMILES string of the molecule is Cc1cc[cH-]c1.Cc1cccc2[cH-]ccc12.[Cl-].[Cl-].[Zr+4]. The topological polar surface area (TPSA) is 0 Å². The maximum Gasteiger partial charge on any atom is 4.00 e. The van der Waals surface area contributed by atoms with Crippen molar-refractivity contribution < 1.29 is 51.0 Å². The molecule has 3 heteroatoms. The summed E-state index contributed by atoms with van der Waals surface area (Å²) >= 11 is 0. The van der Waals surface area contributed by atoms with E-state index in [0.717, 1.165) is 0 Å². The molecule has 0 aliphatic rings. The summed E-state index contributed by atoms with van der Waals surface area (Å²) in [7, 11) is 0. The number of rotatable bonds is 0. The van der Waals surface area contributed by atoms with Crippen LogP contribution in [-0.4, -0.2) is 0 Å². The van der Waals surface area contributed by atoms with Crippen LogP contribution in [0, 0.1) is 13.8 Å². The Balaban J connectivity index is 0. The molecular formula is C16H16Cl2Zr. The Bertz CT molecular complexity index is 553. The van der Waals surface area contributed by atoms with Gasteiger partial charge in [-0.1, -0.05) is 18.6 Å². The van der Waals surface area contributed by atoms with Gasteiger partial charge in [-0.15, -0.1) is 29.0 Å². The fourth-order valence-corrected chi connectivity index (χ4v) is 1.79. The van der Waals surface area contributed by atoms with Gasteiger partial charge in [-0.3, -0.25) is 0 Å². The van der Waals surface area contributed by atoms with E-state index in [0.29, 0.717) is 0 Å². The van der Waals surface area contributed by atoms with Gasteiger partial charge < -0.3 is 24.8 Å². The van der Waals surface area contributed by atoms with Gasteiger partial charge in [-0.05, 0) is 6.92 Å². The number of fused-ring (bicyclic) bond motifs is 1. The average molecular weight is 370 g/mol. The van der Waals surface area contributed by atoms with Gasteiger partial charge >= 0.3 is 26.2 Å². The van der Waals surface area contributed by atoms with E-state index in [9.17, 15) is 0 Å². The van der Waals surface area contributed by atoms with Crippen LogP contribution < -0.4 is 24.8 Å². The Labute approximate surface area is 146 Å². The molecule has 0 amide bonds. The van der Waals surface area contributed by atoms with E-state index in [1.807, 2.05) is 12.1 Å². The molecule has 0 aliphatic carbocycles. The number of hydrogen-bond donors (Lipinski definition) is 0. The molecule has 0 aliphatic heterocycles. The fourth-order valence-electron chi connectivity index (χ4n) is 1.79. The normalized spacial score (nSPS) is 8.32. The molecular weight excluding hydrogens is 354 g/mol. The quantitative estimate of drug-likeness (QED) is 0.427. The van der Waals surface area contributed by atoms with E-state index in [4.69, 9.17) is 0 Å². The third-order valence-electron chi connectivity index (χ3n) is 2.73. The minimum atomic E-state index is 0. The van der Waals surface area contributed by atoms with Gasteiger partial charge in [0, 0.05) is 0 Å². The summed E-state index contributed by atoms with van der Waals surface area (Å²) in [5.74, 6) is 0. The zero-order valence-electron chi connectivity index (χ0n) is 11.0. The molecule has 3 rings (SSSR count). The second kappa shape index (κ2) is 10.4. The zero-order chi connectivity index (χ0) is 11.4. The second-order valence-electron chi connectivity index (χ2n) is 4.07. The maximum atomic E-state index is 2.16. The largest absolute Gasteiger partial charge is 4.00 e. The van der Waals surface area contributed by atoms with Crippen LogP contribution in [0.3, 0.4) is 0 Å². The van der Waals surface area contributed by atoms with Crippen molar-refractivity contribution in [3.63, 3.8) is 0 Å². The van der Waals surface area contributed by atoms with Crippen molar-refractivity contribution in [1.29, 1.82) is 0 Å². The van der Waals surface area contributed by atoms with Crippen molar-refractivity contribution in [2.45, 2.75) is 13.8 Å². The number of aryl methyl sites for hydroxylation is 2. The molecule has 0 heterocycles. The molecule has 3 aromatic carbocycles. The van der Waals surface area contributed by atoms with Crippen LogP contribution in [0.15, 0.2) is 60.7 Å². The van der Waals surface area contributed by atoms with Crippen molar-refractivity contribution in [2.24, 2.45) is 0 Å². The Hall–Kier alpha value is -0.357. The van der Waals surface area contributed by atoms with E-state index in [1.165, 1.54) is 21.9 Å². The first kappa shape index (κ1) is 21.0. The first-order chi connectivity index (χ1) is 7.77. The maximum absolute atomic E-state index is 2.16. The molecule has 0 radical (unpaired) electrons. The summed E-state index contributed by atoms with van der Waals surface area (Å²) in [6.07, 6.45) is 0. The van der Waals surface area contributed by atoms with E-state index in [-0.39, 0.29) is 51.0 Å². The molecule has 0 aromatic heterocycles. The average Bonchev–Trinajstić information content (AvgIpc) is 2.90. The molecule has 0 saturated heterocycles. The third-order valence-corrected chi connectivity index (χ3v) is 2.73. The van der Waals surface area contributed by atoms with Crippen LogP contribution in [0.1, 0.15) is 11.1 Å². The minimum absolute atomic E-state index is 0. The van der Waals surface area contributed by atoms with Gasteiger partial charge in [0.15, 0.2) is 0 Å². The Kier molecular flexibility index (Phi) is 11.5. The first-order valence-electron chi connectivity index (χ1n) is 5.57. The van der Waals surface area contributed by atoms with Gasteiger partial charge in [-0.25, -0.2) is 11.6 Å². The van der Waals surface area contributed by atoms with Crippen molar-refractivity contribution >= 4 is 10.8 Å². The summed E-state index contributed by atoms with van der Waals surface area (Å²) < 4.78 is 0. The molecule has 0 fully saturated rings. The predicted molar refractivity (Wildman–Crippen MR) is 71.1 cm³/mol. The van der Waals surface area contributed by atoms with Crippen LogP contribution in [0.5, 0.6) is 0 Å². The van der Waals surface area contributed by atoms with Crippen LogP contribution in [0.25, 0.3) is 10.8 Å². The van der Waals surface area contributed by atoms with Crippen molar-refractivity contribution in [3.05, 3.63) is 71.8 Å². The smallest absolute Gasteiger partial charge is 1.00 e. The van der Waals surface area contributed by atoms with Gasteiger partial charge in [0.25, 0.3) is 0 Å². The van der Waals surface area contributed by atoms with Crippen molar-refractivity contribution in [1.82, 2.24) is 0 Å². The molecule has 0 saturated carbocycles. The second-order valence-corrected chi connectivity index (χ2v) is 4.07. The first-order valence-corrected chi connectivity index (χ1v) is 5.57. The molecule has 0 bridgehead atoms. The van der Waals surface area contributed by atoms with Gasteiger partial charge in [-0.2, -0.15) is 30.3 Å². The summed E-state index contributed by atoms with van der Waals surface area (Å²) in [5.41, 5.74) is 2.71. The van der Waals surface area contributed by atoms with E-state index < -0.39 is 0 Å². The van der Waals surface area contributed by atoms with E-state index in [1.54, 1.807) is 0 Å². The van der Waals surface area contributed by atoms with Crippen LogP contribution >= 0.6 is 0 Å². The summed E-state index contributed by atoms with van der Waals surface area (Å²) in [4.78, 5) is 0. The van der Waals surface area contributed by atoms with E-state index in [2.05, 4.69) is 62.4 Å². The summed E-state index contributed by atoms with van der Waals surface area (Å²) in [5, 5.41) is 2.72. The number of benzene rings is 1. The van der Waals surface area contributed by atoms with Crippen LogP contribution in [-0.2, 0) is 26.2 Å². The molecule has 0 unspecified atom stereocenters. The molecule has 0 spiro atoms. The van der Waals surface area contributed by atoms with Gasteiger partial charge in [0.2, 0.25) is 0 Å². The summed E-state index contributed by atoms with van der Waals surface area (Å²) in [6.45, 7) is 4.22. The molecule has 0 atom stereocenters. The Morgan fingerprint density at radius 1 is 0.895 bits per heavy atom. The predicted octanol–water partition coefficient (Wildman–Crippen LogP) is -1.41. The molecule has 19 heavy (non-hydrogen) atoms. The van der Waals surface area contributed by atoms with Crippen LogP contribution in [0.4, 0.5) is 0 Å². The Morgan fingerprint density at radius 2 is 1.63 bits per heavy atom. The summed E-state index contributed by atoms with van der Waals surface area (Å²) in [6, 6.07) is 21.0. The van der Waals surface area contributed by atoms with Crippen molar-refractivity contribution in [2.75, 3.05) is 0 Å². The number of hydrogen-bond acceptors (Lipinski definition) is 0.